The van der Waals surface area contributed by atoms with E-state index in [0.29, 0.717) is 12.4 Å². The number of carboxylic acid groups (broad SMARTS) is 1. The Morgan fingerprint density at radius 1 is 1.64 bits per heavy atom. The molecule has 1 aliphatic heterocycles. The number of hydrogen-bond donors (Lipinski definition) is 2. The molecular weight excluding hydrogens is 164 g/mol. The van der Waals surface area contributed by atoms with Crippen molar-refractivity contribution in [2.75, 3.05) is 12.4 Å². The fourth-order valence-electron chi connectivity index (χ4n) is 1.14. The van der Waals surface area contributed by atoms with Gasteiger partial charge in [-0.25, -0.2) is 0 Å². The number of carbonyl (C=O) groups is 1. The van der Waals surface area contributed by atoms with E-state index in [1.165, 1.54) is 0 Å². The maximum atomic E-state index is 10.5. The quantitative estimate of drug-likeness (QED) is 0.612. The Morgan fingerprint density at radius 2 is 2.36 bits per heavy atom. The van der Waals surface area contributed by atoms with Crippen LogP contribution in [0, 0.1) is 5.92 Å². The molecule has 1 fully saturated rings. The van der Waals surface area contributed by atoms with E-state index in [1.54, 1.807) is 0 Å². The predicted molar refractivity (Wildman–Crippen MR) is 44.0 cm³/mol. The average Bonchev–Trinajstić information content (AvgIpc) is 2.05. The SMILES string of the molecule is O=C(O)C1CCC(CS)OC1. The molecule has 4 heteroatoms. The fourth-order valence-corrected chi connectivity index (χ4v) is 1.43. The van der Waals surface area contributed by atoms with Crippen molar-refractivity contribution in [2.24, 2.45) is 5.92 Å². The molecule has 1 N–H and O–H groups in total. The van der Waals surface area contributed by atoms with Gasteiger partial charge in [-0.15, -0.1) is 0 Å². The summed E-state index contributed by atoms with van der Waals surface area (Å²) in [6.45, 7) is 0.348. The zero-order valence-electron chi connectivity index (χ0n) is 6.19. The van der Waals surface area contributed by atoms with Gasteiger partial charge in [0.05, 0.1) is 18.6 Å². The maximum Gasteiger partial charge on any atom is 0.308 e. The first-order chi connectivity index (χ1) is 5.24. The Bertz CT molecular complexity index is 141. The Morgan fingerprint density at radius 3 is 2.73 bits per heavy atom. The first-order valence-electron chi connectivity index (χ1n) is 3.69. The first-order valence-corrected chi connectivity index (χ1v) is 4.32. The second kappa shape index (κ2) is 3.97. The van der Waals surface area contributed by atoms with Crippen LogP contribution in [-0.2, 0) is 9.53 Å². The van der Waals surface area contributed by atoms with Crippen molar-refractivity contribution in [3.63, 3.8) is 0 Å². The Kier molecular flexibility index (Phi) is 3.20. The molecule has 0 saturated carbocycles. The summed E-state index contributed by atoms with van der Waals surface area (Å²) in [7, 11) is 0. The monoisotopic (exact) mass is 176 g/mol. The molecule has 2 unspecified atom stereocenters. The number of ether oxygens (including phenoxy) is 1. The van der Waals surface area contributed by atoms with Crippen molar-refractivity contribution < 1.29 is 14.6 Å². The van der Waals surface area contributed by atoms with Crippen LogP contribution in [0.3, 0.4) is 0 Å². The molecule has 3 nitrogen and oxygen atoms in total. The molecule has 0 amide bonds. The average molecular weight is 176 g/mol. The van der Waals surface area contributed by atoms with Crippen LogP contribution < -0.4 is 0 Å². The highest BCUT2D eigenvalue weighted by molar-refractivity contribution is 7.80. The molecule has 0 aromatic carbocycles. The smallest absolute Gasteiger partial charge is 0.308 e. The van der Waals surface area contributed by atoms with Gasteiger partial charge in [-0.2, -0.15) is 12.6 Å². The van der Waals surface area contributed by atoms with Crippen molar-refractivity contribution in [1.82, 2.24) is 0 Å². The third kappa shape index (κ3) is 2.38. The van der Waals surface area contributed by atoms with Crippen LogP contribution in [0.25, 0.3) is 0 Å². The van der Waals surface area contributed by atoms with E-state index >= 15 is 0 Å². The first kappa shape index (κ1) is 8.87. The zero-order chi connectivity index (χ0) is 8.27. The molecule has 0 aromatic heterocycles. The highest BCUT2D eigenvalue weighted by Crippen LogP contribution is 2.19. The van der Waals surface area contributed by atoms with Crippen LogP contribution >= 0.6 is 12.6 Å². The third-order valence-corrected chi connectivity index (χ3v) is 2.33. The maximum absolute atomic E-state index is 10.5. The van der Waals surface area contributed by atoms with Crippen LogP contribution in [0.2, 0.25) is 0 Å². The summed E-state index contributed by atoms with van der Waals surface area (Å²) in [4.78, 5) is 10.5. The van der Waals surface area contributed by atoms with Gasteiger partial charge in [0, 0.05) is 5.75 Å². The molecule has 64 valence electrons. The highest BCUT2D eigenvalue weighted by atomic mass is 32.1. The van der Waals surface area contributed by atoms with Crippen molar-refractivity contribution in [2.45, 2.75) is 18.9 Å². The molecule has 1 rings (SSSR count). The van der Waals surface area contributed by atoms with Crippen molar-refractivity contribution in [3.8, 4) is 0 Å². The molecule has 1 aliphatic rings. The van der Waals surface area contributed by atoms with Gasteiger partial charge in [0.25, 0.3) is 0 Å². The molecule has 0 radical (unpaired) electrons. The normalized spacial score (nSPS) is 31.7. The number of rotatable bonds is 2. The highest BCUT2D eigenvalue weighted by Gasteiger charge is 2.25. The van der Waals surface area contributed by atoms with E-state index in [1.807, 2.05) is 0 Å². The minimum absolute atomic E-state index is 0.161. The standard InChI is InChI=1S/C7H12O3S/c8-7(9)5-1-2-6(4-11)10-3-5/h5-6,11H,1-4H2,(H,8,9). The van der Waals surface area contributed by atoms with Crippen LogP contribution in [0.15, 0.2) is 0 Å². The third-order valence-electron chi connectivity index (χ3n) is 1.92. The van der Waals surface area contributed by atoms with Gasteiger partial charge in [-0.05, 0) is 12.8 Å². The lowest BCUT2D eigenvalue weighted by Crippen LogP contribution is -2.31. The molecule has 0 bridgehead atoms. The van der Waals surface area contributed by atoms with Crippen LogP contribution in [0.4, 0.5) is 0 Å². The van der Waals surface area contributed by atoms with E-state index in [0.717, 1.165) is 12.8 Å². The van der Waals surface area contributed by atoms with Gasteiger partial charge < -0.3 is 9.84 Å². The summed E-state index contributed by atoms with van der Waals surface area (Å²) in [6, 6.07) is 0. The number of thiol groups is 1. The zero-order valence-corrected chi connectivity index (χ0v) is 7.09. The van der Waals surface area contributed by atoms with Gasteiger partial charge in [0.2, 0.25) is 0 Å². The second-order valence-corrected chi connectivity index (χ2v) is 3.12. The van der Waals surface area contributed by atoms with Crippen LogP contribution in [-0.4, -0.2) is 29.5 Å². The summed E-state index contributed by atoms with van der Waals surface area (Å²) in [5.74, 6) is -0.361. The predicted octanol–water partition coefficient (Wildman–Crippen LogP) is 0.796. The summed E-state index contributed by atoms with van der Waals surface area (Å²) in [5, 5.41) is 8.60. The van der Waals surface area contributed by atoms with Gasteiger partial charge in [-0.1, -0.05) is 0 Å². The van der Waals surface area contributed by atoms with Gasteiger partial charge >= 0.3 is 5.97 Å². The molecule has 0 spiro atoms. The summed E-state index contributed by atoms with van der Waals surface area (Å²) >= 11 is 4.07. The molecule has 2 atom stereocenters. The number of carboxylic acids is 1. The van der Waals surface area contributed by atoms with E-state index < -0.39 is 5.97 Å². The van der Waals surface area contributed by atoms with Crippen molar-refractivity contribution in [3.05, 3.63) is 0 Å². The summed E-state index contributed by atoms with van der Waals surface area (Å²) in [6.07, 6.45) is 1.70. The van der Waals surface area contributed by atoms with Crippen molar-refractivity contribution in [1.29, 1.82) is 0 Å². The van der Waals surface area contributed by atoms with Crippen LogP contribution in [0.1, 0.15) is 12.8 Å². The summed E-state index contributed by atoms with van der Waals surface area (Å²) < 4.78 is 5.24. The Hall–Kier alpha value is -0.220. The number of aliphatic carboxylic acids is 1. The minimum atomic E-state index is -0.748. The molecule has 11 heavy (non-hydrogen) atoms. The number of hydrogen-bond acceptors (Lipinski definition) is 3. The van der Waals surface area contributed by atoms with Crippen LogP contribution in [0.5, 0.6) is 0 Å². The van der Waals surface area contributed by atoms with Gasteiger partial charge in [0.15, 0.2) is 0 Å². The molecule has 1 saturated heterocycles. The lowest BCUT2D eigenvalue weighted by molar-refractivity contribution is -0.147. The fraction of sp³-hybridized carbons (Fsp3) is 0.857. The molecular formula is C7H12O3S. The molecule has 1 heterocycles. The second-order valence-electron chi connectivity index (χ2n) is 2.75. The van der Waals surface area contributed by atoms with Gasteiger partial charge in [-0.3, -0.25) is 4.79 Å². The Balaban J connectivity index is 2.30. The lowest BCUT2D eigenvalue weighted by Gasteiger charge is -2.25. The Labute approximate surface area is 71.1 Å². The van der Waals surface area contributed by atoms with Crippen molar-refractivity contribution >= 4 is 18.6 Å². The largest absolute Gasteiger partial charge is 0.481 e. The topological polar surface area (TPSA) is 46.5 Å². The molecule has 0 aliphatic carbocycles. The van der Waals surface area contributed by atoms with Gasteiger partial charge in [0.1, 0.15) is 0 Å². The van der Waals surface area contributed by atoms with E-state index in [9.17, 15) is 4.79 Å². The van der Waals surface area contributed by atoms with E-state index in [2.05, 4.69) is 12.6 Å². The lowest BCUT2D eigenvalue weighted by atomic mass is 9.99. The van der Waals surface area contributed by atoms with E-state index in [-0.39, 0.29) is 12.0 Å². The minimum Gasteiger partial charge on any atom is -0.481 e. The molecule has 0 aromatic rings. The summed E-state index contributed by atoms with van der Waals surface area (Å²) in [5.41, 5.74) is 0. The van der Waals surface area contributed by atoms with E-state index in [4.69, 9.17) is 9.84 Å².